The van der Waals surface area contributed by atoms with Crippen molar-refractivity contribution in [2.75, 3.05) is 6.61 Å². The van der Waals surface area contributed by atoms with Crippen LogP contribution in [-0.2, 0) is 4.74 Å². The van der Waals surface area contributed by atoms with Crippen LogP contribution < -0.4 is 0 Å². The zero-order valence-corrected chi connectivity index (χ0v) is 8.12. The molecule has 1 atom stereocenters. The molecule has 0 aliphatic heterocycles. The molecule has 0 bridgehead atoms. The topological polar surface area (TPSA) is 9.23 Å². The quantitative estimate of drug-likeness (QED) is 0.358. The second kappa shape index (κ2) is 6.35. The van der Waals surface area contributed by atoms with Crippen LogP contribution in [0.3, 0.4) is 0 Å². The summed E-state index contributed by atoms with van der Waals surface area (Å²) in [7, 11) is 0. The molecule has 0 aromatic rings. The fourth-order valence-electron chi connectivity index (χ4n) is 0.545. The van der Waals surface area contributed by atoms with Gasteiger partial charge in [0.1, 0.15) is 0 Å². The average molecular weight is 172 g/mol. The molecule has 11 heavy (non-hydrogen) atoms. The number of hydrogen-bond donors (Lipinski definition) is 0. The van der Waals surface area contributed by atoms with Gasteiger partial charge in [0.15, 0.2) is 5.05 Å². The number of rotatable bonds is 5. The molecule has 0 saturated carbocycles. The molecule has 0 aromatic heterocycles. The van der Waals surface area contributed by atoms with Crippen LogP contribution >= 0.6 is 12.2 Å². The molecule has 0 rings (SSSR count). The van der Waals surface area contributed by atoms with Crippen LogP contribution in [0.25, 0.3) is 0 Å². The minimum atomic E-state index is 0.196. The van der Waals surface area contributed by atoms with Gasteiger partial charge in [0, 0.05) is 5.92 Å². The van der Waals surface area contributed by atoms with Gasteiger partial charge in [-0.05, 0) is 18.6 Å². The maximum Gasteiger partial charge on any atom is 0.166 e. The Kier molecular flexibility index (Phi) is 6.13. The molecular weight excluding hydrogens is 156 g/mol. The minimum Gasteiger partial charge on any atom is -0.486 e. The molecule has 64 valence electrons. The SMILES string of the molecule is C=CC(C)C(=S)OCCCC. The van der Waals surface area contributed by atoms with E-state index in [0.717, 1.165) is 19.4 Å². The molecule has 0 aliphatic carbocycles. The van der Waals surface area contributed by atoms with Crippen LogP contribution in [0, 0.1) is 5.92 Å². The van der Waals surface area contributed by atoms with Crippen molar-refractivity contribution in [3.05, 3.63) is 12.7 Å². The summed E-state index contributed by atoms with van der Waals surface area (Å²) in [6.45, 7) is 8.50. The number of hydrogen-bond acceptors (Lipinski definition) is 2. The van der Waals surface area contributed by atoms with E-state index in [1.54, 1.807) is 6.08 Å². The third-order valence-corrected chi connectivity index (χ3v) is 1.96. The van der Waals surface area contributed by atoms with Crippen LogP contribution in [0.2, 0.25) is 0 Å². The molecule has 0 saturated heterocycles. The van der Waals surface area contributed by atoms with Gasteiger partial charge >= 0.3 is 0 Å². The van der Waals surface area contributed by atoms with Gasteiger partial charge in [0.2, 0.25) is 0 Å². The molecule has 0 N–H and O–H groups in total. The molecular formula is C9H16OS. The van der Waals surface area contributed by atoms with E-state index in [2.05, 4.69) is 13.5 Å². The normalized spacial score (nSPS) is 12.2. The smallest absolute Gasteiger partial charge is 0.166 e. The third-order valence-electron chi connectivity index (χ3n) is 1.47. The lowest BCUT2D eigenvalue weighted by atomic mass is 10.2. The minimum absolute atomic E-state index is 0.196. The van der Waals surface area contributed by atoms with E-state index in [9.17, 15) is 0 Å². The maximum atomic E-state index is 5.30. The van der Waals surface area contributed by atoms with Gasteiger partial charge in [0.05, 0.1) is 6.61 Å². The zero-order valence-electron chi connectivity index (χ0n) is 7.30. The van der Waals surface area contributed by atoms with Crippen LogP contribution in [0.5, 0.6) is 0 Å². The summed E-state index contributed by atoms with van der Waals surface area (Å²) in [5.74, 6) is 0.196. The molecule has 0 aliphatic rings. The number of unbranched alkanes of at least 4 members (excludes halogenated alkanes) is 1. The highest BCUT2D eigenvalue weighted by atomic mass is 32.1. The molecule has 0 aromatic carbocycles. The first-order valence-corrected chi connectivity index (χ1v) is 4.42. The fourth-order valence-corrected chi connectivity index (χ4v) is 0.724. The summed E-state index contributed by atoms with van der Waals surface area (Å²) in [5, 5.41) is 0.661. The molecule has 0 spiro atoms. The van der Waals surface area contributed by atoms with E-state index in [-0.39, 0.29) is 5.92 Å². The van der Waals surface area contributed by atoms with E-state index in [0.29, 0.717) is 5.05 Å². The summed E-state index contributed by atoms with van der Waals surface area (Å²) >= 11 is 5.00. The van der Waals surface area contributed by atoms with Crippen molar-refractivity contribution >= 4 is 17.3 Å². The highest BCUT2D eigenvalue weighted by Gasteiger charge is 2.03. The Hall–Kier alpha value is -0.370. The standard InChI is InChI=1S/C9H16OS/c1-4-6-7-10-9(11)8(3)5-2/h5,8H,2,4,6-7H2,1,3H3. The molecule has 1 nitrogen and oxygen atoms in total. The molecule has 0 amide bonds. The van der Waals surface area contributed by atoms with E-state index in [1.807, 2.05) is 6.92 Å². The first kappa shape index (κ1) is 10.6. The van der Waals surface area contributed by atoms with Gasteiger partial charge in [-0.3, -0.25) is 0 Å². The predicted molar refractivity (Wildman–Crippen MR) is 52.8 cm³/mol. The summed E-state index contributed by atoms with van der Waals surface area (Å²) in [6, 6.07) is 0. The second-order valence-corrected chi connectivity index (χ2v) is 2.95. The van der Waals surface area contributed by atoms with Crippen molar-refractivity contribution in [1.82, 2.24) is 0 Å². The van der Waals surface area contributed by atoms with Crippen molar-refractivity contribution in [3.63, 3.8) is 0 Å². The summed E-state index contributed by atoms with van der Waals surface area (Å²) < 4.78 is 5.30. The molecule has 1 unspecified atom stereocenters. The monoisotopic (exact) mass is 172 g/mol. The van der Waals surface area contributed by atoms with Gasteiger partial charge in [-0.15, -0.1) is 6.58 Å². The highest BCUT2D eigenvalue weighted by Crippen LogP contribution is 2.02. The number of ether oxygens (including phenoxy) is 1. The molecule has 2 heteroatoms. The van der Waals surface area contributed by atoms with Gasteiger partial charge in [-0.2, -0.15) is 0 Å². The zero-order chi connectivity index (χ0) is 8.69. The summed E-state index contributed by atoms with van der Waals surface area (Å²) in [6.07, 6.45) is 4.02. The Bertz CT molecular complexity index is 132. The lowest BCUT2D eigenvalue weighted by molar-refractivity contribution is 0.291. The Balaban J connectivity index is 3.44. The van der Waals surface area contributed by atoms with Crippen molar-refractivity contribution < 1.29 is 4.74 Å². The molecule has 0 heterocycles. The van der Waals surface area contributed by atoms with Gasteiger partial charge in [0.25, 0.3) is 0 Å². The van der Waals surface area contributed by atoms with Crippen LogP contribution in [-0.4, -0.2) is 11.7 Å². The van der Waals surface area contributed by atoms with E-state index in [1.165, 1.54) is 0 Å². The van der Waals surface area contributed by atoms with Crippen molar-refractivity contribution in [3.8, 4) is 0 Å². The van der Waals surface area contributed by atoms with Crippen molar-refractivity contribution in [2.24, 2.45) is 5.92 Å². The van der Waals surface area contributed by atoms with Crippen LogP contribution in [0.4, 0.5) is 0 Å². The van der Waals surface area contributed by atoms with Gasteiger partial charge < -0.3 is 4.74 Å². The van der Waals surface area contributed by atoms with Gasteiger partial charge in [-0.1, -0.05) is 26.3 Å². The second-order valence-electron chi connectivity index (χ2n) is 2.55. The maximum absolute atomic E-state index is 5.30. The van der Waals surface area contributed by atoms with E-state index >= 15 is 0 Å². The third kappa shape index (κ3) is 4.96. The summed E-state index contributed by atoms with van der Waals surface area (Å²) in [5.41, 5.74) is 0. The lowest BCUT2D eigenvalue weighted by Crippen LogP contribution is -2.10. The van der Waals surface area contributed by atoms with Gasteiger partial charge in [-0.25, -0.2) is 0 Å². The largest absolute Gasteiger partial charge is 0.486 e. The van der Waals surface area contributed by atoms with Crippen molar-refractivity contribution in [1.29, 1.82) is 0 Å². The van der Waals surface area contributed by atoms with E-state index < -0.39 is 0 Å². The van der Waals surface area contributed by atoms with Crippen molar-refractivity contribution in [2.45, 2.75) is 26.7 Å². The first-order chi connectivity index (χ1) is 5.22. The Morgan fingerprint density at radius 3 is 2.82 bits per heavy atom. The number of thiocarbonyl (C=S) groups is 1. The lowest BCUT2D eigenvalue weighted by Gasteiger charge is -2.09. The Morgan fingerprint density at radius 2 is 2.36 bits per heavy atom. The average Bonchev–Trinajstić information content (AvgIpc) is 2.03. The Labute approximate surface area is 74.4 Å². The molecule has 0 radical (unpaired) electrons. The predicted octanol–water partition coefficient (Wildman–Crippen LogP) is 2.95. The van der Waals surface area contributed by atoms with Crippen LogP contribution in [0.15, 0.2) is 12.7 Å². The highest BCUT2D eigenvalue weighted by molar-refractivity contribution is 7.80. The van der Waals surface area contributed by atoms with Crippen LogP contribution in [0.1, 0.15) is 26.7 Å². The first-order valence-electron chi connectivity index (χ1n) is 4.01. The molecule has 0 fully saturated rings. The Morgan fingerprint density at radius 1 is 1.73 bits per heavy atom. The summed E-state index contributed by atoms with van der Waals surface area (Å²) in [4.78, 5) is 0. The fraction of sp³-hybridized carbons (Fsp3) is 0.667. The van der Waals surface area contributed by atoms with E-state index in [4.69, 9.17) is 17.0 Å².